The Hall–Kier alpha value is -4.32. The molecule has 5 rings (SSSR count). The zero-order chi connectivity index (χ0) is 23.7. The maximum absolute atomic E-state index is 4.80. The van der Waals surface area contributed by atoms with Crippen LogP contribution in [-0.4, -0.2) is 30.1 Å². The van der Waals surface area contributed by atoms with Gasteiger partial charge in [0.05, 0.1) is 34.2 Å². The van der Waals surface area contributed by atoms with E-state index in [0.717, 1.165) is 56.4 Å². The molecule has 0 unspecified atom stereocenters. The van der Waals surface area contributed by atoms with E-state index < -0.39 is 0 Å². The third kappa shape index (κ3) is 4.57. The van der Waals surface area contributed by atoms with Gasteiger partial charge in [0.1, 0.15) is 11.4 Å². The second-order valence-corrected chi connectivity index (χ2v) is 8.57. The standard InChI is InChI=1S/C28H24N6/c1-17-7-9-29-23(11-17)27-15-19(3)13-25(31-27)21-5-6-22(34-33-21)26-14-20(4)16-28(32-26)24-12-18(2)8-10-30-24/h5-16H,1-4H3. The van der Waals surface area contributed by atoms with Crippen molar-refractivity contribution in [3.63, 3.8) is 0 Å². The minimum absolute atomic E-state index is 0.703. The highest BCUT2D eigenvalue weighted by Gasteiger charge is 2.11. The zero-order valence-corrected chi connectivity index (χ0v) is 19.6. The molecule has 5 aromatic heterocycles. The van der Waals surface area contributed by atoms with Crippen LogP contribution in [-0.2, 0) is 0 Å². The third-order valence-corrected chi connectivity index (χ3v) is 5.48. The first-order valence-corrected chi connectivity index (χ1v) is 11.1. The van der Waals surface area contributed by atoms with Gasteiger partial charge in [0.2, 0.25) is 0 Å². The van der Waals surface area contributed by atoms with E-state index in [1.807, 2.05) is 88.4 Å². The molecule has 0 spiro atoms. The molecule has 0 amide bonds. The molecule has 6 heteroatoms. The molecule has 0 aromatic carbocycles. The van der Waals surface area contributed by atoms with Crippen LogP contribution < -0.4 is 0 Å². The fraction of sp³-hybridized carbons (Fsp3) is 0.143. The number of pyridine rings is 4. The Kier molecular flexibility index (Phi) is 5.64. The lowest BCUT2D eigenvalue weighted by atomic mass is 10.1. The van der Waals surface area contributed by atoms with Gasteiger partial charge < -0.3 is 0 Å². The molecule has 5 aromatic rings. The summed E-state index contributed by atoms with van der Waals surface area (Å²) in [4.78, 5) is 18.6. The summed E-state index contributed by atoms with van der Waals surface area (Å²) in [5.74, 6) is 0. The molecular formula is C28H24N6. The van der Waals surface area contributed by atoms with Crippen LogP contribution in [0.4, 0.5) is 0 Å². The number of hydrogen-bond acceptors (Lipinski definition) is 6. The number of rotatable bonds is 4. The minimum Gasteiger partial charge on any atom is -0.255 e. The first kappa shape index (κ1) is 21.5. The zero-order valence-electron chi connectivity index (χ0n) is 19.6. The molecule has 6 nitrogen and oxygen atoms in total. The smallest absolute Gasteiger partial charge is 0.111 e. The average molecular weight is 445 g/mol. The van der Waals surface area contributed by atoms with Crippen molar-refractivity contribution in [3.8, 4) is 45.6 Å². The topological polar surface area (TPSA) is 77.3 Å². The van der Waals surface area contributed by atoms with Crippen molar-refractivity contribution in [3.05, 3.63) is 95.3 Å². The van der Waals surface area contributed by atoms with Gasteiger partial charge in [0.15, 0.2) is 0 Å². The predicted octanol–water partition coefficient (Wildman–Crippen LogP) is 5.96. The molecule has 0 radical (unpaired) electrons. The quantitative estimate of drug-likeness (QED) is 0.340. The average Bonchev–Trinajstić information content (AvgIpc) is 2.83. The maximum Gasteiger partial charge on any atom is 0.111 e. The highest BCUT2D eigenvalue weighted by molar-refractivity contribution is 5.66. The van der Waals surface area contributed by atoms with Crippen LogP contribution in [0.2, 0.25) is 0 Å². The SMILES string of the molecule is Cc1ccnc(-c2cc(C)cc(-c3ccc(-c4cc(C)cc(-c5cc(C)ccn5)n4)nn3)n2)c1. The van der Waals surface area contributed by atoms with Crippen molar-refractivity contribution < 1.29 is 0 Å². The van der Waals surface area contributed by atoms with E-state index in [1.54, 1.807) is 12.4 Å². The second kappa shape index (κ2) is 8.90. The van der Waals surface area contributed by atoms with Gasteiger partial charge in [-0.3, -0.25) is 9.97 Å². The number of aryl methyl sites for hydroxylation is 4. The van der Waals surface area contributed by atoms with Crippen LogP contribution in [0.3, 0.4) is 0 Å². The lowest BCUT2D eigenvalue weighted by molar-refractivity contribution is 1.02. The van der Waals surface area contributed by atoms with Gasteiger partial charge in [-0.2, -0.15) is 0 Å². The van der Waals surface area contributed by atoms with Crippen LogP contribution in [0.5, 0.6) is 0 Å². The molecule has 0 aliphatic carbocycles. The molecule has 0 fully saturated rings. The van der Waals surface area contributed by atoms with Crippen molar-refractivity contribution in [2.45, 2.75) is 27.7 Å². The Morgan fingerprint density at radius 2 is 0.735 bits per heavy atom. The van der Waals surface area contributed by atoms with Gasteiger partial charge in [0, 0.05) is 12.4 Å². The Labute approximate surface area is 198 Å². The van der Waals surface area contributed by atoms with Crippen molar-refractivity contribution in [2.75, 3.05) is 0 Å². The molecule has 0 aliphatic rings. The first-order valence-electron chi connectivity index (χ1n) is 11.1. The Morgan fingerprint density at radius 3 is 1.09 bits per heavy atom. The Balaban J connectivity index is 1.49. The van der Waals surface area contributed by atoms with E-state index in [1.165, 1.54) is 0 Å². The summed E-state index contributed by atoms with van der Waals surface area (Å²) in [5, 5.41) is 8.95. The van der Waals surface area contributed by atoms with Gasteiger partial charge >= 0.3 is 0 Å². The van der Waals surface area contributed by atoms with E-state index in [9.17, 15) is 0 Å². The molecule has 0 atom stereocenters. The van der Waals surface area contributed by atoms with Crippen LogP contribution in [0.15, 0.2) is 73.1 Å². The van der Waals surface area contributed by atoms with Gasteiger partial charge in [0.25, 0.3) is 0 Å². The summed E-state index contributed by atoms with van der Waals surface area (Å²) >= 11 is 0. The summed E-state index contributed by atoms with van der Waals surface area (Å²) in [6, 6.07) is 20.0. The van der Waals surface area contributed by atoms with Gasteiger partial charge in [-0.1, -0.05) is 0 Å². The van der Waals surface area contributed by atoms with E-state index >= 15 is 0 Å². The first-order chi connectivity index (χ1) is 16.4. The van der Waals surface area contributed by atoms with Crippen molar-refractivity contribution in [1.29, 1.82) is 0 Å². The maximum atomic E-state index is 4.80. The minimum atomic E-state index is 0.703. The monoisotopic (exact) mass is 444 g/mol. The lowest BCUT2D eigenvalue weighted by Crippen LogP contribution is -1.98. The van der Waals surface area contributed by atoms with E-state index in [2.05, 4.69) is 20.2 Å². The summed E-state index contributed by atoms with van der Waals surface area (Å²) in [6.07, 6.45) is 3.61. The lowest BCUT2D eigenvalue weighted by Gasteiger charge is -2.08. The predicted molar refractivity (Wildman–Crippen MR) is 134 cm³/mol. The van der Waals surface area contributed by atoms with Crippen molar-refractivity contribution in [2.24, 2.45) is 0 Å². The van der Waals surface area contributed by atoms with Crippen molar-refractivity contribution in [1.82, 2.24) is 30.1 Å². The van der Waals surface area contributed by atoms with Gasteiger partial charge in [-0.05, 0) is 111 Å². The number of hydrogen-bond donors (Lipinski definition) is 0. The molecule has 0 saturated carbocycles. The molecule has 34 heavy (non-hydrogen) atoms. The van der Waals surface area contributed by atoms with Gasteiger partial charge in [-0.25, -0.2) is 9.97 Å². The van der Waals surface area contributed by atoms with Crippen LogP contribution in [0.25, 0.3) is 45.6 Å². The Morgan fingerprint density at radius 1 is 0.382 bits per heavy atom. The molecule has 0 saturated heterocycles. The molecule has 5 heterocycles. The number of aromatic nitrogens is 6. The summed E-state index contributed by atoms with van der Waals surface area (Å²) in [5.41, 5.74) is 10.7. The van der Waals surface area contributed by atoms with Crippen LogP contribution in [0, 0.1) is 27.7 Å². The van der Waals surface area contributed by atoms with Crippen LogP contribution in [0.1, 0.15) is 22.3 Å². The molecule has 0 bridgehead atoms. The van der Waals surface area contributed by atoms with E-state index in [4.69, 9.17) is 9.97 Å². The van der Waals surface area contributed by atoms with E-state index in [0.29, 0.717) is 11.4 Å². The van der Waals surface area contributed by atoms with Crippen LogP contribution >= 0.6 is 0 Å². The highest BCUT2D eigenvalue weighted by Crippen LogP contribution is 2.26. The molecular weight excluding hydrogens is 420 g/mol. The third-order valence-electron chi connectivity index (χ3n) is 5.48. The van der Waals surface area contributed by atoms with Gasteiger partial charge in [-0.15, -0.1) is 10.2 Å². The largest absolute Gasteiger partial charge is 0.255 e. The summed E-state index contributed by atoms with van der Waals surface area (Å²) in [6.45, 7) is 8.19. The number of nitrogens with zero attached hydrogens (tertiary/aromatic N) is 6. The summed E-state index contributed by atoms with van der Waals surface area (Å²) < 4.78 is 0. The Bertz CT molecular complexity index is 1380. The fourth-order valence-electron chi connectivity index (χ4n) is 3.82. The highest BCUT2D eigenvalue weighted by atomic mass is 15.1. The second-order valence-electron chi connectivity index (χ2n) is 8.57. The van der Waals surface area contributed by atoms with Crippen molar-refractivity contribution >= 4 is 0 Å². The molecule has 0 N–H and O–H groups in total. The normalized spacial score (nSPS) is 10.9. The fourth-order valence-corrected chi connectivity index (χ4v) is 3.82. The summed E-state index contributed by atoms with van der Waals surface area (Å²) in [7, 11) is 0. The molecule has 0 aliphatic heterocycles. The van der Waals surface area contributed by atoms with E-state index in [-0.39, 0.29) is 0 Å². The molecule has 166 valence electrons.